The highest BCUT2D eigenvalue weighted by atomic mass is 19.2. The molecule has 0 bridgehead atoms. The fourth-order valence-corrected chi connectivity index (χ4v) is 4.10. The molecule has 0 spiro atoms. The third-order valence-electron chi connectivity index (χ3n) is 5.74. The molecule has 2 unspecified atom stereocenters. The minimum atomic E-state index is -1.01. The van der Waals surface area contributed by atoms with Crippen LogP contribution in [0.25, 0.3) is 5.69 Å². The first-order chi connectivity index (χ1) is 15.4. The van der Waals surface area contributed by atoms with Gasteiger partial charge >= 0.3 is 0 Å². The lowest BCUT2D eigenvalue weighted by Crippen LogP contribution is -2.49. The van der Waals surface area contributed by atoms with E-state index < -0.39 is 30.4 Å². The number of carbonyl (C=O) groups excluding carboxylic acids is 1. The van der Waals surface area contributed by atoms with Crippen LogP contribution in [0.15, 0.2) is 48.9 Å². The number of rotatable bonds is 6. The van der Waals surface area contributed by atoms with Crippen molar-refractivity contribution in [1.82, 2.24) is 14.5 Å². The predicted molar refractivity (Wildman–Crippen MR) is 115 cm³/mol. The van der Waals surface area contributed by atoms with Gasteiger partial charge in [-0.05, 0) is 68.1 Å². The monoisotopic (exact) mass is 441 g/mol. The minimum absolute atomic E-state index is 0.285. The zero-order valence-corrected chi connectivity index (χ0v) is 18.0. The van der Waals surface area contributed by atoms with Gasteiger partial charge in [-0.25, -0.2) is 13.8 Å². The summed E-state index contributed by atoms with van der Waals surface area (Å²) in [7, 11) is 0. The fourth-order valence-electron chi connectivity index (χ4n) is 4.10. The maximum atomic E-state index is 13.7. The third-order valence-corrected chi connectivity index (χ3v) is 5.74. The molecule has 0 aliphatic carbocycles. The lowest BCUT2D eigenvalue weighted by Gasteiger charge is -2.37. The molecular weight excluding hydrogens is 416 g/mol. The van der Waals surface area contributed by atoms with Crippen LogP contribution in [0, 0.1) is 25.5 Å². The Morgan fingerprint density at radius 3 is 2.66 bits per heavy atom. The van der Waals surface area contributed by atoms with E-state index >= 15 is 0 Å². The maximum absolute atomic E-state index is 13.7. The maximum Gasteiger partial charge on any atom is 0.264 e. The van der Waals surface area contributed by atoms with Crippen LogP contribution in [0.1, 0.15) is 35.7 Å². The molecule has 3 aromatic rings. The van der Waals surface area contributed by atoms with Gasteiger partial charge in [-0.1, -0.05) is 6.07 Å². The first-order valence-corrected chi connectivity index (χ1v) is 10.5. The highest BCUT2D eigenvalue weighted by molar-refractivity contribution is 5.82. The normalized spacial score (nSPS) is 17.5. The lowest BCUT2D eigenvalue weighted by molar-refractivity contribution is -0.146. The average Bonchev–Trinajstić information content (AvgIpc) is 3.19. The SMILES string of the molecule is Cc1cn(-c2ccc(OC3CCCN(C(CO)c4ccc(F)c(F)c4)C3=O)cc2C)cn1. The summed E-state index contributed by atoms with van der Waals surface area (Å²) < 4.78 is 35.0. The molecule has 0 saturated carbocycles. The van der Waals surface area contributed by atoms with Crippen LogP contribution in [0.5, 0.6) is 5.75 Å². The molecule has 4 rings (SSSR count). The van der Waals surface area contributed by atoms with Crippen LogP contribution in [0.4, 0.5) is 8.78 Å². The summed E-state index contributed by atoms with van der Waals surface area (Å²) in [6, 6.07) is 8.23. The van der Waals surface area contributed by atoms with E-state index in [4.69, 9.17) is 4.74 Å². The number of benzene rings is 2. The van der Waals surface area contributed by atoms with Gasteiger partial charge in [0.2, 0.25) is 0 Å². The van der Waals surface area contributed by atoms with Crippen molar-refractivity contribution in [3.8, 4) is 11.4 Å². The van der Waals surface area contributed by atoms with Crippen molar-refractivity contribution < 1.29 is 23.4 Å². The van der Waals surface area contributed by atoms with E-state index in [0.717, 1.165) is 29.1 Å². The number of aliphatic hydroxyl groups excluding tert-OH is 1. The second-order valence-electron chi connectivity index (χ2n) is 8.02. The van der Waals surface area contributed by atoms with E-state index in [0.29, 0.717) is 30.7 Å². The van der Waals surface area contributed by atoms with Crippen LogP contribution in [-0.4, -0.2) is 44.7 Å². The van der Waals surface area contributed by atoms with Crippen molar-refractivity contribution in [2.75, 3.05) is 13.2 Å². The smallest absolute Gasteiger partial charge is 0.264 e. The Hall–Kier alpha value is -3.26. The highest BCUT2D eigenvalue weighted by Crippen LogP contribution is 2.29. The zero-order valence-electron chi connectivity index (χ0n) is 18.0. The third kappa shape index (κ3) is 4.36. The number of nitrogens with zero attached hydrogens (tertiary/aromatic N) is 3. The summed E-state index contributed by atoms with van der Waals surface area (Å²) in [6.07, 6.45) is 4.16. The molecule has 2 atom stereocenters. The highest BCUT2D eigenvalue weighted by Gasteiger charge is 2.35. The molecule has 8 heteroatoms. The molecule has 6 nitrogen and oxygen atoms in total. The summed E-state index contributed by atoms with van der Waals surface area (Å²) in [5.41, 5.74) is 3.19. The predicted octanol–water partition coefficient (Wildman–Crippen LogP) is 3.87. The minimum Gasteiger partial charge on any atom is -0.481 e. The Balaban J connectivity index is 1.51. The fraction of sp³-hybridized carbons (Fsp3) is 0.333. The van der Waals surface area contributed by atoms with Gasteiger partial charge in [-0.15, -0.1) is 0 Å². The number of aromatic nitrogens is 2. The van der Waals surface area contributed by atoms with Gasteiger partial charge in [0, 0.05) is 18.4 Å². The topological polar surface area (TPSA) is 67.6 Å². The number of ether oxygens (including phenoxy) is 1. The van der Waals surface area contributed by atoms with E-state index in [9.17, 15) is 18.7 Å². The standard InChI is InChI=1S/C24H25F2N3O3/c1-15-10-18(6-8-21(15)28-12-16(2)27-14-28)32-23-4-3-9-29(24(23)31)22(13-30)17-5-7-19(25)20(26)11-17/h5-8,10-12,14,22-23,30H,3-4,9,13H2,1-2H3. The van der Waals surface area contributed by atoms with Crippen molar-refractivity contribution >= 4 is 5.91 Å². The number of piperidine rings is 1. The molecule has 0 radical (unpaired) electrons. The Kier molecular flexibility index (Phi) is 6.23. The number of likely N-dealkylation sites (tertiary alicyclic amines) is 1. The Morgan fingerprint density at radius 1 is 1.19 bits per heavy atom. The molecular formula is C24H25F2N3O3. The Morgan fingerprint density at radius 2 is 2.00 bits per heavy atom. The second kappa shape index (κ2) is 9.08. The first kappa shape index (κ1) is 22.0. The summed E-state index contributed by atoms with van der Waals surface area (Å²) in [4.78, 5) is 18.9. The van der Waals surface area contributed by atoms with Gasteiger partial charge in [0.25, 0.3) is 5.91 Å². The molecule has 1 saturated heterocycles. The molecule has 32 heavy (non-hydrogen) atoms. The van der Waals surface area contributed by atoms with Crippen molar-refractivity contribution in [1.29, 1.82) is 0 Å². The molecule has 2 heterocycles. The van der Waals surface area contributed by atoms with Gasteiger partial charge < -0.3 is 19.3 Å². The number of imidazole rings is 1. The molecule has 2 aromatic carbocycles. The second-order valence-corrected chi connectivity index (χ2v) is 8.02. The number of halogens is 2. The van der Waals surface area contributed by atoms with Crippen LogP contribution >= 0.6 is 0 Å². The summed E-state index contributed by atoms with van der Waals surface area (Å²) in [5, 5.41) is 9.90. The van der Waals surface area contributed by atoms with Crippen molar-refractivity contribution in [3.05, 3.63) is 77.4 Å². The lowest BCUT2D eigenvalue weighted by atomic mass is 10.00. The van der Waals surface area contributed by atoms with Crippen LogP contribution in [0.2, 0.25) is 0 Å². The molecule has 1 N–H and O–H groups in total. The largest absolute Gasteiger partial charge is 0.481 e. The number of hydrogen-bond acceptors (Lipinski definition) is 4. The number of amides is 1. The van der Waals surface area contributed by atoms with Crippen LogP contribution < -0.4 is 4.74 Å². The van der Waals surface area contributed by atoms with Gasteiger partial charge in [0.15, 0.2) is 17.7 Å². The van der Waals surface area contributed by atoms with Gasteiger partial charge in [0.1, 0.15) is 5.75 Å². The summed E-state index contributed by atoms with van der Waals surface area (Å²) >= 11 is 0. The molecule has 168 valence electrons. The molecule has 1 amide bonds. The summed E-state index contributed by atoms with van der Waals surface area (Å²) in [5.74, 6) is -1.70. The van der Waals surface area contributed by atoms with E-state index in [-0.39, 0.29) is 5.91 Å². The number of carbonyl (C=O) groups is 1. The zero-order chi connectivity index (χ0) is 22.8. The van der Waals surface area contributed by atoms with E-state index in [2.05, 4.69) is 4.98 Å². The first-order valence-electron chi connectivity index (χ1n) is 10.5. The van der Waals surface area contributed by atoms with Gasteiger partial charge in [-0.2, -0.15) is 0 Å². The number of aryl methyl sites for hydroxylation is 2. The number of aliphatic hydroxyl groups is 1. The quantitative estimate of drug-likeness (QED) is 0.631. The van der Waals surface area contributed by atoms with E-state index in [1.54, 1.807) is 6.33 Å². The van der Waals surface area contributed by atoms with Gasteiger partial charge in [0.05, 0.1) is 24.7 Å². The molecule has 1 fully saturated rings. The van der Waals surface area contributed by atoms with Gasteiger partial charge in [-0.3, -0.25) is 4.79 Å². The number of hydrogen-bond donors (Lipinski definition) is 1. The van der Waals surface area contributed by atoms with Crippen molar-refractivity contribution in [3.63, 3.8) is 0 Å². The Labute approximate surface area is 185 Å². The molecule has 1 aromatic heterocycles. The average molecular weight is 441 g/mol. The van der Waals surface area contributed by atoms with Crippen molar-refractivity contribution in [2.45, 2.75) is 38.8 Å². The van der Waals surface area contributed by atoms with Crippen LogP contribution in [0.3, 0.4) is 0 Å². The van der Waals surface area contributed by atoms with Crippen LogP contribution in [-0.2, 0) is 4.79 Å². The van der Waals surface area contributed by atoms with E-state index in [1.807, 2.05) is 42.8 Å². The molecule has 1 aliphatic heterocycles. The van der Waals surface area contributed by atoms with E-state index in [1.165, 1.54) is 11.0 Å². The van der Waals surface area contributed by atoms with Crippen molar-refractivity contribution in [2.24, 2.45) is 0 Å². The molecule has 1 aliphatic rings. The summed E-state index contributed by atoms with van der Waals surface area (Å²) in [6.45, 7) is 3.88. The Bertz CT molecular complexity index is 1130.